The minimum Gasteiger partial charge on any atom is -0.508 e. The fourth-order valence-corrected chi connectivity index (χ4v) is 3.90. The molecule has 0 spiro atoms. The van der Waals surface area contributed by atoms with Gasteiger partial charge in [0, 0.05) is 25.1 Å². The number of hydrogen-bond donors (Lipinski definition) is 3. The fourth-order valence-electron chi connectivity index (χ4n) is 3.90. The molecule has 0 bridgehead atoms. The molecule has 0 aliphatic heterocycles. The molecule has 2 aromatic carbocycles. The van der Waals surface area contributed by atoms with Gasteiger partial charge in [0.05, 0.1) is 0 Å². The average molecular weight is 522 g/mol. The summed E-state index contributed by atoms with van der Waals surface area (Å²) in [4.78, 5) is 41.6. The van der Waals surface area contributed by atoms with Crippen LogP contribution in [-0.4, -0.2) is 52.6 Å². The third-order valence-corrected chi connectivity index (χ3v) is 5.77. The molecule has 8 nitrogen and oxygen atoms in total. The van der Waals surface area contributed by atoms with E-state index >= 15 is 0 Å². The van der Waals surface area contributed by atoms with Crippen molar-refractivity contribution < 1.29 is 24.2 Å². The number of phenols is 1. The average Bonchev–Trinajstić information content (AvgIpc) is 2.86. The first-order valence-electron chi connectivity index (χ1n) is 12.9. The molecule has 3 N–H and O–H groups in total. The predicted molar refractivity (Wildman–Crippen MR) is 147 cm³/mol. The standard InChI is InChI=1S/C30H39N3O5/c1-7-10-19-31-27(35)26(23-15-11-21(8-2)12-16-23)33(9-3)28(36)25(32-29(37)38-30(4,5)6)20-22-13-17-24(34)18-14-22/h2,11-18,25-26,34H,7,9-10,19-20H2,1,3-6H3,(H,31,35)(H,32,37). The molecule has 0 radical (unpaired) electrons. The molecular weight excluding hydrogens is 482 g/mol. The molecule has 2 rings (SSSR count). The molecule has 0 aromatic heterocycles. The maximum atomic E-state index is 14.0. The lowest BCUT2D eigenvalue weighted by Gasteiger charge is -2.34. The number of phenolic OH excluding ortho intramolecular Hbond substituents is 1. The van der Waals surface area contributed by atoms with Crippen LogP contribution in [0.5, 0.6) is 5.75 Å². The van der Waals surface area contributed by atoms with Gasteiger partial charge >= 0.3 is 6.09 Å². The number of amides is 3. The minimum atomic E-state index is -1.02. The van der Waals surface area contributed by atoms with Gasteiger partial charge in [0.15, 0.2) is 0 Å². The van der Waals surface area contributed by atoms with Gasteiger partial charge in [-0.15, -0.1) is 6.42 Å². The zero-order chi connectivity index (χ0) is 28.3. The van der Waals surface area contributed by atoms with Gasteiger partial charge in [0.1, 0.15) is 23.4 Å². The topological polar surface area (TPSA) is 108 Å². The molecule has 38 heavy (non-hydrogen) atoms. The molecule has 0 aliphatic rings. The lowest BCUT2D eigenvalue weighted by molar-refractivity contribution is -0.142. The maximum absolute atomic E-state index is 14.0. The van der Waals surface area contributed by atoms with Crippen molar-refractivity contribution in [1.29, 1.82) is 0 Å². The Balaban J connectivity index is 2.45. The zero-order valence-electron chi connectivity index (χ0n) is 22.9. The monoisotopic (exact) mass is 521 g/mol. The van der Waals surface area contributed by atoms with Crippen molar-refractivity contribution in [2.75, 3.05) is 13.1 Å². The van der Waals surface area contributed by atoms with Crippen LogP contribution in [0.25, 0.3) is 0 Å². The highest BCUT2D eigenvalue weighted by atomic mass is 16.6. The van der Waals surface area contributed by atoms with Crippen molar-refractivity contribution in [1.82, 2.24) is 15.5 Å². The number of alkyl carbamates (subject to hydrolysis) is 1. The molecule has 8 heteroatoms. The van der Waals surface area contributed by atoms with Crippen LogP contribution in [0.1, 0.15) is 70.2 Å². The van der Waals surface area contributed by atoms with Gasteiger partial charge in [-0.1, -0.05) is 43.5 Å². The molecule has 0 saturated heterocycles. The molecule has 0 aliphatic carbocycles. The van der Waals surface area contributed by atoms with Crippen molar-refractivity contribution >= 4 is 17.9 Å². The van der Waals surface area contributed by atoms with Gasteiger partial charge in [0.25, 0.3) is 0 Å². The Morgan fingerprint density at radius 2 is 1.68 bits per heavy atom. The van der Waals surface area contributed by atoms with Crippen molar-refractivity contribution in [3.8, 4) is 18.1 Å². The summed E-state index contributed by atoms with van der Waals surface area (Å²) in [5.74, 6) is 1.89. The van der Waals surface area contributed by atoms with E-state index in [1.165, 1.54) is 17.0 Å². The van der Waals surface area contributed by atoms with E-state index in [0.29, 0.717) is 17.7 Å². The van der Waals surface area contributed by atoms with E-state index in [2.05, 4.69) is 16.6 Å². The highest BCUT2D eigenvalue weighted by Gasteiger charge is 2.35. The second-order valence-electron chi connectivity index (χ2n) is 10.0. The van der Waals surface area contributed by atoms with E-state index in [9.17, 15) is 19.5 Å². The van der Waals surface area contributed by atoms with Crippen LogP contribution in [0.4, 0.5) is 4.79 Å². The number of terminal acetylenes is 1. The number of carbonyl (C=O) groups excluding carboxylic acids is 3. The van der Waals surface area contributed by atoms with Gasteiger partial charge in [-0.05, 0) is 69.5 Å². The third kappa shape index (κ3) is 9.15. The number of nitrogens with one attached hydrogen (secondary N) is 2. The first-order chi connectivity index (χ1) is 18.0. The lowest BCUT2D eigenvalue weighted by atomic mass is 9.99. The predicted octanol–water partition coefficient (Wildman–Crippen LogP) is 4.32. The number of unbranched alkanes of at least 4 members (excludes halogenated alkanes) is 1. The van der Waals surface area contributed by atoms with Crippen molar-refractivity contribution in [3.63, 3.8) is 0 Å². The number of carbonyl (C=O) groups is 3. The van der Waals surface area contributed by atoms with Crippen LogP contribution >= 0.6 is 0 Å². The Morgan fingerprint density at radius 1 is 1.05 bits per heavy atom. The highest BCUT2D eigenvalue weighted by molar-refractivity contribution is 5.92. The van der Waals surface area contributed by atoms with Gasteiger partial charge < -0.3 is 25.4 Å². The maximum Gasteiger partial charge on any atom is 0.408 e. The summed E-state index contributed by atoms with van der Waals surface area (Å²) in [6, 6.07) is 11.4. The molecule has 204 valence electrons. The van der Waals surface area contributed by atoms with Crippen LogP contribution in [0.15, 0.2) is 48.5 Å². The Kier molecular flexibility index (Phi) is 11.2. The van der Waals surface area contributed by atoms with Crippen molar-refractivity contribution in [2.24, 2.45) is 0 Å². The molecule has 0 saturated carbocycles. The normalized spacial score (nSPS) is 12.5. The molecule has 2 aromatic rings. The summed E-state index contributed by atoms with van der Waals surface area (Å²) >= 11 is 0. The van der Waals surface area contributed by atoms with Crippen LogP contribution in [0.2, 0.25) is 0 Å². The van der Waals surface area contributed by atoms with Crippen LogP contribution < -0.4 is 10.6 Å². The lowest BCUT2D eigenvalue weighted by Crippen LogP contribution is -2.53. The Bertz CT molecular complexity index is 1110. The number of aromatic hydroxyl groups is 1. The molecule has 2 atom stereocenters. The largest absolute Gasteiger partial charge is 0.508 e. The second-order valence-corrected chi connectivity index (χ2v) is 10.0. The van der Waals surface area contributed by atoms with Gasteiger partial charge in [-0.3, -0.25) is 9.59 Å². The summed E-state index contributed by atoms with van der Waals surface area (Å²) in [7, 11) is 0. The van der Waals surface area contributed by atoms with Gasteiger partial charge in [-0.2, -0.15) is 0 Å². The SMILES string of the molecule is C#Cc1ccc(C(C(=O)NCCCC)N(CC)C(=O)C(Cc2ccc(O)cc2)NC(=O)OC(C)(C)C)cc1. The van der Waals surface area contributed by atoms with E-state index in [0.717, 1.165) is 18.4 Å². The van der Waals surface area contributed by atoms with E-state index in [4.69, 9.17) is 11.2 Å². The second kappa shape index (κ2) is 14.1. The quantitative estimate of drug-likeness (QED) is 0.302. The summed E-state index contributed by atoms with van der Waals surface area (Å²) in [5.41, 5.74) is 1.22. The number of hydrogen-bond acceptors (Lipinski definition) is 5. The van der Waals surface area contributed by atoms with E-state index < -0.39 is 29.7 Å². The van der Waals surface area contributed by atoms with Crippen LogP contribution in [0, 0.1) is 12.3 Å². The highest BCUT2D eigenvalue weighted by Crippen LogP contribution is 2.24. The molecule has 2 unspecified atom stereocenters. The number of rotatable bonds is 11. The summed E-state index contributed by atoms with van der Waals surface area (Å²) in [6.45, 7) is 9.71. The Morgan fingerprint density at radius 3 is 2.21 bits per heavy atom. The van der Waals surface area contributed by atoms with Gasteiger partial charge in [-0.25, -0.2) is 4.79 Å². The molecule has 0 fully saturated rings. The van der Waals surface area contributed by atoms with Crippen LogP contribution in [0.3, 0.4) is 0 Å². The summed E-state index contributed by atoms with van der Waals surface area (Å²) in [6.07, 6.45) is 6.61. The first-order valence-corrected chi connectivity index (χ1v) is 12.9. The van der Waals surface area contributed by atoms with Crippen LogP contribution in [-0.2, 0) is 20.7 Å². The van der Waals surface area contributed by atoms with Gasteiger partial charge in [0.2, 0.25) is 11.8 Å². The first kappa shape index (κ1) is 30.2. The third-order valence-electron chi connectivity index (χ3n) is 5.77. The van der Waals surface area contributed by atoms with Crippen molar-refractivity contribution in [3.05, 3.63) is 65.2 Å². The minimum absolute atomic E-state index is 0.0890. The molecule has 3 amide bonds. The number of ether oxygens (including phenoxy) is 1. The smallest absolute Gasteiger partial charge is 0.408 e. The zero-order valence-corrected chi connectivity index (χ0v) is 22.9. The molecule has 0 heterocycles. The summed E-state index contributed by atoms with van der Waals surface area (Å²) < 4.78 is 5.41. The number of nitrogens with zero attached hydrogens (tertiary/aromatic N) is 1. The van der Waals surface area contributed by atoms with E-state index in [1.807, 2.05) is 6.92 Å². The fraction of sp³-hybridized carbons (Fsp3) is 0.433. The number of benzene rings is 2. The summed E-state index contributed by atoms with van der Waals surface area (Å²) in [5, 5.41) is 15.3. The van der Waals surface area contributed by atoms with Crippen molar-refractivity contribution in [2.45, 2.75) is 71.6 Å². The Hall–Kier alpha value is -3.99. The van der Waals surface area contributed by atoms with E-state index in [-0.39, 0.29) is 24.6 Å². The molecular formula is C30H39N3O5. The van der Waals surface area contributed by atoms with E-state index in [1.54, 1.807) is 64.1 Å². The number of likely N-dealkylation sites (N-methyl/N-ethyl adjacent to an activating group) is 1. The Labute approximate surface area is 225 Å².